The van der Waals surface area contributed by atoms with Crippen molar-refractivity contribution in [1.29, 1.82) is 0 Å². The maximum absolute atomic E-state index is 11.3. The maximum atomic E-state index is 11.3. The lowest BCUT2D eigenvalue weighted by Gasteiger charge is -2.18. The van der Waals surface area contributed by atoms with Crippen LogP contribution >= 0.6 is 0 Å². The first kappa shape index (κ1) is 30.2. The number of rotatable bonds is 4. The van der Waals surface area contributed by atoms with Gasteiger partial charge in [0.15, 0.2) is 0 Å². The van der Waals surface area contributed by atoms with Crippen molar-refractivity contribution in [2.24, 2.45) is 0 Å². The number of aromatic hydroxyl groups is 1. The van der Waals surface area contributed by atoms with E-state index in [1.54, 1.807) is 57.2 Å². The van der Waals surface area contributed by atoms with E-state index in [1.807, 2.05) is 45.0 Å². The van der Waals surface area contributed by atoms with Crippen LogP contribution in [0.25, 0.3) is 12.2 Å². The van der Waals surface area contributed by atoms with Gasteiger partial charge in [0.1, 0.15) is 22.7 Å². The summed E-state index contributed by atoms with van der Waals surface area (Å²) in [6.45, 7) is 21.3. The molecule has 2 aromatic rings. The Bertz CT molecular complexity index is 927. The summed E-state index contributed by atoms with van der Waals surface area (Å²) in [7, 11) is 0. The van der Waals surface area contributed by atoms with Crippen LogP contribution in [0.3, 0.4) is 0 Å². The Kier molecular flexibility index (Phi) is 12.8. The SMILES string of the molecule is C=CC(=O)OC(C)(C)C.C=Cc1ccc(O)cc1.C=Cc1ccc(OC(=O)OC(C)(C)C)cc1. The minimum atomic E-state index is -0.696. The van der Waals surface area contributed by atoms with Gasteiger partial charge in [0.2, 0.25) is 0 Å². The number of phenolic OH excluding ortho intramolecular Hbond substituents is 1. The molecule has 0 amide bonds. The van der Waals surface area contributed by atoms with Gasteiger partial charge in [-0.15, -0.1) is 0 Å². The van der Waals surface area contributed by atoms with E-state index in [0.29, 0.717) is 11.5 Å². The third-order valence-corrected chi connectivity index (χ3v) is 3.41. The summed E-state index contributed by atoms with van der Waals surface area (Å²) in [5.74, 6) is 0.378. The van der Waals surface area contributed by atoms with Crippen LogP contribution in [-0.4, -0.2) is 28.4 Å². The van der Waals surface area contributed by atoms with E-state index in [9.17, 15) is 9.59 Å². The molecule has 0 aliphatic carbocycles. The minimum absolute atomic E-state index is 0.292. The summed E-state index contributed by atoms with van der Waals surface area (Å²) in [6.07, 6.45) is 3.92. The highest BCUT2D eigenvalue weighted by atomic mass is 16.7. The molecule has 6 heteroatoms. The minimum Gasteiger partial charge on any atom is -0.508 e. The van der Waals surface area contributed by atoms with Crippen molar-refractivity contribution in [2.75, 3.05) is 0 Å². The lowest BCUT2D eigenvalue weighted by Crippen LogP contribution is -2.25. The number of ether oxygens (including phenoxy) is 3. The van der Waals surface area contributed by atoms with Crippen molar-refractivity contribution >= 4 is 24.3 Å². The molecule has 2 aromatic carbocycles. The molecule has 2 rings (SSSR count). The molecule has 0 atom stereocenters. The second-order valence-electron chi connectivity index (χ2n) is 8.87. The van der Waals surface area contributed by atoms with E-state index >= 15 is 0 Å². The second kappa shape index (κ2) is 14.4. The van der Waals surface area contributed by atoms with Gasteiger partial charge in [0.25, 0.3) is 0 Å². The second-order valence-corrected chi connectivity index (χ2v) is 8.87. The highest BCUT2D eigenvalue weighted by Gasteiger charge is 2.17. The predicted octanol–water partition coefficient (Wildman–Crippen LogP) is 7.19. The molecule has 0 fully saturated rings. The Balaban J connectivity index is 0.000000518. The molecule has 0 aromatic heterocycles. The standard InChI is InChI=1S/C13H16O3.C8H8O.C7H12O2/c1-5-10-6-8-11(9-7-10)15-12(14)16-13(2,3)4;1-2-7-3-5-8(9)6-4-7;1-5-6(8)9-7(2,3)4/h5-9H,1H2,2-4H3;2-6,9H,1H2;5H,1H2,2-4H3. The van der Waals surface area contributed by atoms with Gasteiger partial charge < -0.3 is 19.3 Å². The molecule has 0 aliphatic heterocycles. The van der Waals surface area contributed by atoms with Gasteiger partial charge in [-0.2, -0.15) is 0 Å². The lowest BCUT2D eigenvalue weighted by molar-refractivity contribution is -0.148. The van der Waals surface area contributed by atoms with Gasteiger partial charge in [-0.25, -0.2) is 9.59 Å². The normalized spacial score (nSPS) is 10.2. The van der Waals surface area contributed by atoms with E-state index in [1.165, 1.54) is 0 Å². The van der Waals surface area contributed by atoms with E-state index in [4.69, 9.17) is 19.3 Å². The zero-order valence-corrected chi connectivity index (χ0v) is 21.0. The van der Waals surface area contributed by atoms with Crippen molar-refractivity contribution in [2.45, 2.75) is 52.7 Å². The van der Waals surface area contributed by atoms with E-state index in [2.05, 4.69) is 19.7 Å². The average molecular weight is 469 g/mol. The monoisotopic (exact) mass is 468 g/mol. The third kappa shape index (κ3) is 15.9. The van der Waals surface area contributed by atoms with Gasteiger partial charge >= 0.3 is 12.1 Å². The first-order chi connectivity index (χ1) is 15.7. The van der Waals surface area contributed by atoms with Crippen LogP contribution in [0.1, 0.15) is 52.7 Å². The van der Waals surface area contributed by atoms with E-state index < -0.39 is 17.4 Å². The molecular weight excluding hydrogens is 432 g/mol. The Labute approximate surface area is 203 Å². The first-order valence-electron chi connectivity index (χ1n) is 10.6. The fourth-order valence-electron chi connectivity index (χ4n) is 1.99. The van der Waals surface area contributed by atoms with Gasteiger partial charge in [-0.1, -0.05) is 56.2 Å². The van der Waals surface area contributed by atoms with Crippen molar-refractivity contribution < 1.29 is 28.9 Å². The summed E-state index contributed by atoms with van der Waals surface area (Å²) in [5.41, 5.74) is 1.05. The molecule has 0 spiro atoms. The number of hydrogen-bond donors (Lipinski definition) is 1. The lowest BCUT2D eigenvalue weighted by atomic mass is 10.2. The van der Waals surface area contributed by atoms with Gasteiger partial charge in [0.05, 0.1) is 0 Å². The van der Waals surface area contributed by atoms with E-state index in [-0.39, 0.29) is 5.97 Å². The summed E-state index contributed by atoms with van der Waals surface area (Å²) < 4.78 is 14.8. The van der Waals surface area contributed by atoms with Crippen LogP contribution in [0.15, 0.2) is 74.3 Å². The third-order valence-electron chi connectivity index (χ3n) is 3.41. The van der Waals surface area contributed by atoms with Crippen LogP contribution in [-0.2, 0) is 14.3 Å². The quantitative estimate of drug-likeness (QED) is 0.290. The molecule has 0 saturated carbocycles. The van der Waals surface area contributed by atoms with Gasteiger partial charge in [-0.3, -0.25) is 0 Å². The number of carbonyl (C=O) groups excluding carboxylic acids is 2. The van der Waals surface area contributed by atoms with Gasteiger partial charge in [0, 0.05) is 6.08 Å². The summed E-state index contributed by atoms with van der Waals surface area (Å²) in [6, 6.07) is 13.9. The highest BCUT2D eigenvalue weighted by Crippen LogP contribution is 2.15. The molecule has 184 valence electrons. The molecule has 0 heterocycles. The van der Waals surface area contributed by atoms with Crippen molar-refractivity contribution in [3.8, 4) is 11.5 Å². The largest absolute Gasteiger partial charge is 0.514 e. The Morgan fingerprint density at radius 3 is 1.47 bits per heavy atom. The fourth-order valence-corrected chi connectivity index (χ4v) is 1.99. The maximum Gasteiger partial charge on any atom is 0.514 e. The number of benzene rings is 2. The van der Waals surface area contributed by atoms with Crippen LogP contribution in [0.4, 0.5) is 4.79 Å². The zero-order valence-electron chi connectivity index (χ0n) is 21.0. The number of phenols is 1. The summed E-state index contributed by atoms with van der Waals surface area (Å²) >= 11 is 0. The predicted molar refractivity (Wildman–Crippen MR) is 138 cm³/mol. The molecule has 0 saturated heterocycles. The zero-order chi connectivity index (χ0) is 26.4. The number of carbonyl (C=O) groups is 2. The fraction of sp³-hybridized carbons (Fsp3) is 0.286. The molecular formula is C28H36O6. The molecule has 0 bridgehead atoms. The van der Waals surface area contributed by atoms with E-state index in [0.717, 1.165) is 17.2 Å². The topological polar surface area (TPSA) is 82.1 Å². The molecule has 0 aliphatic rings. The Morgan fingerprint density at radius 1 is 0.735 bits per heavy atom. The molecule has 0 radical (unpaired) electrons. The highest BCUT2D eigenvalue weighted by molar-refractivity contribution is 5.81. The molecule has 0 unspecified atom stereocenters. The summed E-state index contributed by atoms with van der Waals surface area (Å²) in [5, 5.41) is 8.82. The molecule has 34 heavy (non-hydrogen) atoms. The van der Waals surface area contributed by atoms with Crippen LogP contribution in [0.5, 0.6) is 11.5 Å². The Hall–Kier alpha value is -3.80. The number of esters is 1. The smallest absolute Gasteiger partial charge is 0.508 e. The average Bonchev–Trinajstić information content (AvgIpc) is 2.73. The molecule has 6 nitrogen and oxygen atoms in total. The van der Waals surface area contributed by atoms with Crippen LogP contribution in [0.2, 0.25) is 0 Å². The first-order valence-corrected chi connectivity index (χ1v) is 10.6. The van der Waals surface area contributed by atoms with Crippen molar-refractivity contribution in [3.05, 3.63) is 85.5 Å². The van der Waals surface area contributed by atoms with Crippen molar-refractivity contribution in [1.82, 2.24) is 0 Å². The van der Waals surface area contributed by atoms with Crippen molar-refractivity contribution in [3.63, 3.8) is 0 Å². The number of hydrogen-bond acceptors (Lipinski definition) is 6. The Morgan fingerprint density at radius 2 is 1.15 bits per heavy atom. The van der Waals surface area contributed by atoms with Gasteiger partial charge in [-0.05, 0) is 76.9 Å². The van der Waals surface area contributed by atoms with Crippen LogP contribution in [0, 0.1) is 0 Å². The van der Waals surface area contributed by atoms with Crippen LogP contribution < -0.4 is 4.74 Å². The molecule has 1 N–H and O–H groups in total. The summed E-state index contributed by atoms with van der Waals surface area (Å²) in [4.78, 5) is 21.8.